The number of hydrogen-bond donors (Lipinski definition) is 1. The van der Waals surface area contributed by atoms with Crippen LogP contribution in [0.1, 0.15) is 5.56 Å². The van der Waals surface area contributed by atoms with Crippen molar-refractivity contribution in [2.75, 3.05) is 23.5 Å². The quantitative estimate of drug-likeness (QED) is 0.234. The van der Waals surface area contributed by atoms with E-state index < -0.39 is 0 Å². The van der Waals surface area contributed by atoms with Crippen LogP contribution in [0.4, 0.5) is 11.4 Å². The van der Waals surface area contributed by atoms with Crippen molar-refractivity contribution in [1.29, 1.82) is 0 Å². The van der Waals surface area contributed by atoms with Crippen LogP contribution in [0.25, 0.3) is 0 Å². The van der Waals surface area contributed by atoms with Gasteiger partial charge >= 0.3 is 0 Å². The molecule has 0 unspecified atom stereocenters. The topological polar surface area (TPSA) is 27.6 Å². The Hall–Kier alpha value is -1.79. The summed E-state index contributed by atoms with van der Waals surface area (Å²) in [6, 6.07) is 24.5. The molecule has 0 saturated carbocycles. The summed E-state index contributed by atoms with van der Waals surface area (Å²) in [6.45, 7) is 0. The third kappa shape index (κ3) is 6.09. The number of guanidine groups is 1. The van der Waals surface area contributed by atoms with Crippen LogP contribution in [0.2, 0.25) is 5.02 Å². The van der Waals surface area contributed by atoms with E-state index in [2.05, 4.69) is 46.2 Å². The molecule has 0 aliphatic carbocycles. The molecule has 0 heterocycles. The van der Waals surface area contributed by atoms with E-state index in [0.29, 0.717) is 11.0 Å². The zero-order chi connectivity index (χ0) is 20.6. The first-order chi connectivity index (χ1) is 14.1. The molecule has 3 rings (SSSR count). The van der Waals surface area contributed by atoms with Crippen LogP contribution in [0.15, 0.2) is 87.1 Å². The summed E-state index contributed by atoms with van der Waals surface area (Å²) in [4.78, 5) is 4.18. The predicted molar refractivity (Wildman–Crippen MR) is 131 cm³/mol. The average molecular weight is 462 g/mol. The summed E-state index contributed by atoms with van der Waals surface area (Å²) in [7, 11) is 1.91. The third-order valence-electron chi connectivity index (χ3n) is 4.27. The van der Waals surface area contributed by atoms with Gasteiger partial charge in [0.25, 0.3) is 0 Å². The summed E-state index contributed by atoms with van der Waals surface area (Å²) in [5.74, 6) is 1.39. The standard InChI is InChI=1S/C22H21Cl2N3S2/c1-27(17-9-6-10-18(13-17)28-2)22(26-24)25-21-14-19(11-12-20(21)23)29-15-16-7-4-3-5-8-16/h3-14H,15H2,1-2H3,(H,25,26). The first-order valence-electron chi connectivity index (χ1n) is 8.90. The second kappa shape index (κ2) is 10.8. The van der Waals surface area contributed by atoms with E-state index in [0.717, 1.165) is 22.0 Å². The van der Waals surface area contributed by atoms with Gasteiger partial charge in [0.15, 0.2) is 0 Å². The van der Waals surface area contributed by atoms with E-state index in [4.69, 9.17) is 23.4 Å². The summed E-state index contributed by atoms with van der Waals surface area (Å²) in [5.41, 5.74) is 3.02. The smallest absolute Gasteiger partial charge is 0.220 e. The predicted octanol–water partition coefficient (Wildman–Crippen LogP) is 7.41. The van der Waals surface area contributed by atoms with Crippen LogP contribution in [0.5, 0.6) is 0 Å². The van der Waals surface area contributed by atoms with Gasteiger partial charge in [0, 0.05) is 40.1 Å². The van der Waals surface area contributed by atoms with Gasteiger partial charge < -0.3 is 10.2 Å². The molecule has 0 radical (unpaired) electrons. The maximum atomic E-state index is 6.42. The zero-order valence-corrected chi connectivity index (χ0v) is 19.2. The lowest BCUT2D eigenvalue weighted by Gasteiger charge is -2.22. The normalized spacial score (nSPS) is 11.4. The molecular weight excluding hydrogens is 441 g/mol. The number of anilines is 2. The Labute approximate surface area is 190 Å². The molecule has 0 spiro atoms. The first kappa shape index (κ1) is 21.9. The van der Waals surface area contributed by atoms with Crippen molar-refractivity contribution in [3.63, 3.8) is 0 Å². The minimum Gasteiger partial charge on any atom is -0.323 e. The molecule has 1 N–H and O–H groups in total. The van der Waals surface area contributed by atoms with Crippen LogP contribution in [0, 0.1) is 0 Å². The molecule has 29 heavy (non-hydrogen) atoms. The summed E-state index contributed by atoms with van der Waals surface area (Å²) in [6.07, 6.45) is 2.05. The van der Waals surface area contributed by atoms with E-state index in [-0.39, 0.29) is 0 Å². The number of hydrogen-bond acceptors (Lipinski definition) is 3. The Balaban J connectivity index is 1.74. The van der Waals surface area contributed by atoms with Gasteiger partial charge in [-0.1, -0.05) is 48.0 Å². The second-order valence-electron chi connectivity index (χ2n) is 6.21. The summed E-state index contributed by atoms with van der Waals surface area (Å²) >= 11 is 15.8. The summed E-state index contributed by atoms with van der Waals surface area (Å²) in [5, 5.41) is 3.87. The number of thioether (sulfide) groups is 2. The molecule has 7 heteroatoms. The molecule has 150 valence electrons. The highest BCUT2D eigenvalue weighted by atomic mass is 35.5. The highest BCUT2D eigenvalue weighted by Crippen LogP contribution is 2.31. The van der Waals surface area contributed by atoms with Crippen LogP contribution in [-0.2, 0) is 5.75 Å². The Bertz CT molecular complexity index is 981. The van der Waals surface area contributed by atoms with Gasteiger partial charge in [-0.25, -0.2) is 0 Å². The highest BCUT2D eigenvalue weighted by Gasteiger charge is 2.12. The molecule has 0 atom stereocenters. The fourth-order valence-corrected chi connectivity index (χ4v) is 4.32. The van der Waals surface area contributed by atoms with Crippen LogP contribution >= 0.6 is 46.9 Å². The number of benzene rings is 3. The van der Waals surface area contributed by atoms with Crippen molar-refractivity contribution in [3.8, 4) is 0 Å². The molecule has 3 aromatic rings. The van der Waals surface area contributed by atoms with Crippen LogP contribution in [0.3, 0.4) is 0 Å². The van der Waals surface area contributed by atoms with Gasteiger partial charge in [-0.2, -0.15) is 0 Å². The Morgan fingerprint density at radius 1 is 1.00 bits per heavy atom. The first-order valence-corrected chi connectivity index (χ1v) is 11.8. The second-order valence-corrected chi connectivity index (χ2v) is 8.71. The van der Waals surface area contributed by atoms with E-state index in [9.17, 15) is 0 Å². The lowest BCUT2D eigenvalue weighted by molar-refractivity contribution is 1.23. The van der Waals surface area contributed by atoms with Crippen molar-refractivity contribution in [1.82, 2.24) is 0 Å². The molecule has 0 aromatic heterocycles. The molecule has 3 aromatic carbocycles. The van der Waals surface area contributed by atoms with Gasteiger partial charge in [0.05, 0.1) is 10.7 Å². The maximum Gasteiger partial charge on any atom is 0.220 e. The molecule has 0 amide bonds. The number of halogens is 2. The SMILES string of the molecule is CSc1cccc(N(C)/C(=N\Cl)Nc2cc(SCc3ccccc3)ccc2Cl)c1. The molecule has 0 fully saturated rings. The van der Waals surface area contributed by atoms with Crippen molar-refractivity contribution in [2.24, 2.45) is 4.51 Å². The minimum atomic E-state index is 0.497. The number of nitrogens with one attached hydrogen (secondary N) is 1. The maximum absolute atomic E-state index is 6.42. The molecule has 0 bridgehead atoms. The van der Waals surface area contributed by atoms with Crippen molar-refractivity contribution < 1.29 is 0 Å². The van der Waals surface area contributed by atoms with Gasteiger partial charge in [0.2, 0.25) is 5.96 Å². The fraction of sp³-hybridized carbons (Fsp3) is 0.136. The van der Waals surface area contributed by atoms with Crippen LogP contribution < -0.4 is 10.2 Å². The van der Waals surface area contributed by atoms with Gasteiger partial charge in [-0.15, -0.1) is 28.0 Å². The Morgan fingerprint density at radius 2 is 1.79 bits per heavy atom. The average Bonchev–Trinajstić information content (AvgIpc) is 2.78. The van der Waals surface area contributed by atoms with E-state index in [1.807, 2.05) is 54.6 Å². The third-order valence-corrected chi connectivity index (χ3v) is 6.55. The molecule has 3 nitrogen and oxygen atoms in total. The molecule has 0 aliphatic heterocycles. The largest absolute Gasteiger partial charge is 0.323 e. The zero-order valence-electron chi connectivity index (χ0n) is 16.1. The van der Waals surface area contributed by atoms with E-state index in [1.54, 1.807) is 23.5 Å². The lowest BCUT2D eigenvalue weighted by Crippen LogP contribution is -2.32. The van der Waals surface area contributed by atoms with Gasteiger partial charge in [-0.05, 0) is 48.2 Å². The minimum absolute atomic E-state index is 0.497. The highest BCUT2D eigenvalue weighted by molar-refractivity contribution is 7.98. The van der Waals surface area contributed by atoms with E-state index in [1.165, 1.54) is 10.5 Å². The molecule has 0 saturated heterocycles. The fourth-order valence-electron chi connectivity index (χ4n) is 2.65. The molecular formula is C22H21Cl2N3S2. The Morgan fingerprint density at radius 3 is 2.52 bits per heavy atom. The van der Waals surface area contributed by atoms with Gasteiger partial charge in [0.1, 0.15) is 0 Å². The monoisotopic (exact) mass is 461 g/mol. The Kier molecular flexibility index (Phi) is 8.19. The van der Waals surface area contributed by atoms with E-state index >= 15 is 0 Å². The van der Waals surface area contributed by atoms with Crippen molar-refractivity contribution in [3.05, 3.63) is 83.4 Å². The van der Waals surface area contributed by atoms with Crippen LogP contribution in [-0.4, -0.2) is 19.3 Å². The van der Waals surface area contributed by atoms with Crippen molar-refractivity contribution >= 4 is 64.2 Å². The summed E-state index contributed by atoms with van der Waals surface area (Å²) < 4.78 is 3.91. The van der Waals surface area contributed by atoms with Gasteiger partial charge in [-0.3, -0.25) is 0 Å². The molecule has 0 aliphatic rings. The lowest BCUT2D eigenvalue weighted by atomic mass is 10.2. The number of rotatable bonds is 6. The van der Waals surface area contributed by atoms with Crippen molar-refractivity contribution in [2.45, 2.75) is 15.5 Å². The number of nitrogens with zero attached hydrogens (tertiary/aromatic N) is 2.